The minimum Gasteiger partial charge on any atom is -0.393 e. The summed E-state index contributed by atoms with van der Waals surface area (Å²) < 4.78 is 12.8. The minimum atomic E-state index is -0.221. The van der Waals surface area contributed by atoms with Crippen LogP contribution in [0.2, 0.25) is 0 Å². The van der Waals surface area contributed by atoms with E-state index in [0.29, 0.717) is 0 Å². The maximum atomic E-state index is 12.8. The van der Waals surface area contributed by atoms with Crippen LogP contribution >= 0.6 is 0 Å². The van der Waals surface area contributed by atoms with Crippen LogP contribution in [0.5, 0.6) is 0 Å². The molecule has 0 aromatic heterocycles. The lowest BCUT2D eigenvalue weighted by Gasteiger charge is -2.10. The molecule has 2 N–H and O–H groups in total. The van der Waals surface area contributed by atoms with Crippen molar-refractivity contribution in [3.05, 3.63) is 35.1 Å². The third-order valence-corrected chi connectivity index (χ3v) is 2.75. The second-order valence-electron chi connectivity index (χ2n) is 4.10. The Morgan fingerprint density at radius 1 is 1.44 bits per heavy atom. The number of benzene rings is 1. The zero-order valence-electron chi connectivity index (χ0n) is 9.96. The zero-order valence-corrected chi connectivity index (χ0v) is 9.96. The standard InChI is InChI=1S/C13H20FNO/c1-3-13(16)6-7-15-9-11-4-5-12(14)8-10(11)2/h4-5,8,13,15-16H,3,6-7,9H2,1-2H3. The predicted octanol–water partition coefficient (Wildman–Crippen LogP) is 2.38. The van der Waals surface area contributed by atoms with E-state index in [1.165, 1.54) is 12.1 Å². The molecule has 1 aromatic carbocycles. The van der Waals surface area contributed by atoms with Gasteiger partial charge in [0, 0.05) is 6.54 Å². The third-order valence-electron chi connectivity index (χ3n) is 2.75. The molecular weight excluding hydrogens is 205 g/mol. The molecule has 0 spiro atoms. The molecule has 0 aliphatic rings. The molecule has 0 heterocycles. The van der Waals surface area contributed by atoms with Gasteiger partial charge in [0.2, 0.25) is 0 Å². The molecule has 1 atom stereocenters. The van der Waals surface area contributed by atoms with Crippen LogP contribution in [0.1, 0.15) is 30.9 Å². The fourth-order valence-corrected chi connectivity index (χ4v) is 1.55. The summed E-state index contributed by atoms with van der Waals surface area (Å²) >= 11 is 0. The first-order valence-corrected chi connectivity index (χ1v) is 5.77. The highest BCUT2D eigenvalue weighted by molar-refractivity contribution is 5.26. The van der Waals surface area contributed by atoms with E-state index in [2.05, 4.69) is 5.32 Å². The van der Waals surface area contributed by atoms with E-state index < -0.39 is 0 Å². The molecule has 0 aliphatic carbocycles. The van der Waals surface area contributed by atoms with Crippen molar-refractivity contribution in [1.29, 1.82) is 0 Å². The van der Waals surface area contributed by atoms with Crippen molar-refractivity contribution in [2.75, 3.05) is 6.54 Å². The van der Waals surface area contributed by atoms with Crippen LogP contribution in [0.3, 0.4) is 0 Å². The number of nitrogens with one attached hydrogen (secondary N) is 1. The van der Waals surface area contributed by atoms with E-state index in [9.17, 15) is 9.50 Å². The van der Waals surface area contributed by atoms with Gasteiger partial charge in [-0.25, -0.2) is 4.39 Å². The summed E-state index contributed by atoms with van der Waals surface area (Å²) in [5.41, 5.74) is 2.07. The van der Waals surface area contributed by atoms with Gasteiger partial charge in [-0.3, -0.25) is 0 Å². The fourth-order valence-electron chi connectivity index (χ4n) is 1.55. The summed E-state index contributed by atoms with van der Waals surface area (Å²) in [7, 11) is 0. The SMILES string of the molecule is CCC(O)CCNCc1ccc(F)cc1C. The molecule has 0 aliphatic heterocycles. The van der Waals surface area contributed by atoms with Gasteiger partial charge in [0.15, 0.2) is 0 Å². The van der Waals surface area contributed by atoms with Crippen LogP contribution in [0.25, 0.3) is 0 Å². The average Bonchev–Trinajstić information content (AvgIpc) is 2.26. The van der Waals surface area contributed by atoms with Gasteiger partial charge in [0.05, 0.1) is 6.10 Å². The Morgan fingerprint density at radius 2 is 2.19 bits per heavy atom. The second kappa shape index (κ2) is 6.61. The monoisotopic (exact) mass is 225 g/mol. The van der Waals surface area contributed by atoms with Crippen molar-refractivity contribution >= 4 is 0 Å². The van der Waals surface area contributed by atoms with Gasteiger partial charge >= 0.3 is 0 Å². The Kier molecular flexibility index (Phi) is 5.43. The summed E-state index contributed by atoms with van der Waals surface area (Å²) in [6, 6.07) is 4.82. The maximum absolute atomic E-state index is 12.8. The lowest BCUT2D eigenvalue weighted by molar-refractivity contribution is 0.159. The molecule has 0 bridgehead atoms. The van der Waals surface area contributed by atoms with E-state index in [0.717, 1.165) is 37.1 Å². The number of hydrogen-bond donors (Lipinski definition) is 2. The molecular formula is C13H20FNO. The Morgan fingerprint density at radius 3 is 2.81 bits per heavy atom. The highest BCUT2D eigenvalue weighted by Crippen LogP contribution is 2.09. The van der Waals surface area contributed by atoms with E-state index in [-0.39, 0.29) is 11.9 Å². The van der Waals surface area contributed by atoms with Crippen LogP contribution in [-0.4, -0.2) is 17.8 Å². The highest BCUT2D eigenvalue weighted by Gasteiger charge is 2.01. The number of hydrogen-bond acceptors (Lipinski definition) is 2. The molecule has 1 rings (SSSR count). The van der Waals surface area contributed by atoms with Crippen molar-refractivity contribution in [2.24, 2.45) is 0 Å². The smallest absolute Gasteiger partial charge is 0.123 e. The molecule has 2 nitrogen and oxygen atoms in total. The van der Waals surface area contributed by atoms with E-state index in [1.807, 2.05) is 13.8 Å². The van der Waals surface area contributed by atoms with Gasteiger partial charge in [-0.1, -0.05) is 13.0 Å². The van der Waals surface area contributed by atoms with Crippen molar-refractivity contribution in [3.63, 3.8) is 0 Å². The Balaban J connectivity index is 2.32. The predicted molar refractivity (Wildman–Crippen MR) is 63.8 cm³/mol. The lowest BCUT2D eigenvalue weighted by atomic mass is 10.1. The number of aliphatic hydroxyl groups is 1. The molecule has 0 saturated heterocycles. The van der Waals surface area contributed by atoms with Gasteiger partial charge in [-0.05, 0) is 49.6 Å². The minimum absolute atomic E-state index is 0.192. The lowest BCUT2D eigenvalue weighted by Crippen LogP contribution is -2.20. The number of rotatable bonds is 6. The zero-order chi connectivity index (χ0) is 12.0. The molecule has 0 fully saturated rings. The van der Waals surface area contributed by atoms with Crippen LogP contribution in [0.4, 0.5) is 4.39 Å². The maximum Gasteiger partial charge on any atom is 0.123 e. The summed E-state index contributed by atoms with van der Waals surface area (Å²) in [5, 5.41) is 12.6. The summed E-state index contributed by atoms with van der Waals surface area (Å²) in [5.74, 6) is -0.192. The molecule has 0 saturated carbocycles. The van der Waals surface area contributed by atoms with Crippen molar-refractivity contribution in [3.8, 4) is 0 Å². The summed E-state index contributed by atoms with van der Waals surface area (Å²) in [4.78, 5) is 0. The topological polar surface area (TPSA) is 32.3 Å². The third kappa shape index (κ3) is 4.29. The normalized spacial score (nSPS) is 12.8. The van der Waals surface area contributed by atoms with E-state index in [1.54, 1.807) is 6.07 Å². The molecule has 90 valence electrons. The molecule has 16 heavy (non-hydrogen) atoms. The first-order valence-electron chi connectivity index (χ1n) is 5.77. The average molecular weight is 225 g/mol. The van der Waals surface area contributed by atoms with Crippen LogP contribution in [0, 0.1) is 12.7 Å². The number of aliphatic hydroxyl groups excluding tert-OH is 1. The van der Waals surface area contributed by atoms with Gasteiger partial charge in [0.1, 0.15) is 5.82 Å². The van der Waals surface area contributed by atoms with Crippen molar-refractivity contribution in [2.45, 2.75) is 39.3 Å². The second-order valence-corrected chi connectivity index (χ2v) is 4.10. The van der Waals surface area contributed by atoms with Crippen molar-refractivity contribution < 1.29 is 9.50 Å². The molecule has 0 radical (unpaired) electrons. The van der Waals surface area contributed by atoms with Crippen LogP contribution in [0.15, 0.2) is 18.2 Å². The Hall–Kier alpha value is -0.930. The Labute approximate surface area is 96.5 Å². The van der Waals surface area contributed by atoms with Crippen LogP contribution < -0.4 is 5.32 Å². The van der Waals surface area contributed by atoms with E-state index >= 15 is 0 Å². The van der Waals surface area contributed by atoms with Gasteiger partial charge < -0.3 is 10.4 Å². The number of halogens is 1. The molecule has 1 aromatic rings. The molecule has 0 amide bonds. The summed E-state index contributed by atoms with van der Waals surface area (Å²) in [6.45, 7) is 5.38. The quantitative estimate of drug-likeness (QED) is 0.729. The highest BCUT2D eigenvalue weighted by atomic mass is 19.1. The van der Waals surface area contributed by atoms with Crippen molar-refractivity contribution in [1.82, 2.24) is 5.32 Å². The van der Waals surface area contributed by atoms with Gasteiger partial charge in [-0.2, -0.15) is 0 Å². The first kappa shape index (κ1) is 13.1. The van der Waals surface area contributed by atoms with Gasteiger partial charge in [0.25, 0.3) is 0 Å². The van der Waals surface area contributed by atoms with Gasteiger partial charge in [-0.15, -0.1) is 0 Å². The Bertz CT molecular complexity index is 328. The first-order chi connectivity index (χ1) is 7.63. The molecule has 1 unspecified atom stereocenters. The van der Waals surface area contributed by atoms with Crippen LogP contribution in [-0.2, 0) is 6.54 Å². The van der Waals surface area contributed by atoms with E-state index in [4.69, 9.17) is 0 Å². The number of aryl methyl sites for hydroxylation is 1. The largest absolute Gasteiger partial charge is 0.393 e. The molecule has 3 heteroatoms. The fraction of sp³-hybridized carbons (Fsp3) is 0.538. The summed E-state index contributed by atoms with van der Waals surface area (Å²) in [6.07, 6.45) is 1.33.